The molecule has 1 heterocycles. The molecule has 0 saturated heterocycles. The van der Waals surface area contributed by atoms with Crippen LogP contribution in [0.25, 0.3) is 0 Å². The summed E-state index contributed by atoms with van der Waals surface area (Å²) in [6.07, 6.45) is 4.81. The average molecular weight is 497 g/mol. The van der Waals surface area contributed by atoms with Gasteiger partial charge in [0.1, 0.15) is 5.82 Å². The van der Waals surface area contributed by atoms with Crippen LogP contribution in [-0.4, -0.2) is 41.3 Å². The molecule has 1 aromatic heterocycles. The molecule has 1 aromatic carbocycles. The maximum absolute atomic E-state index is 5.71. The first kappa shape index (κ1) is 22.7. The van der Waals surface area contributed by atoms with E-state index >= 15 is 0 Å². The Balaban J connectivity index is 0.00000280. The van der Waals surface area contributed by atoms with Crippen molar-refractivity contribution >= 4 is 29.9 Å². The van der Waals surface area contributed by atoms with Crippen LogP contribution < -0.4 is 10.6 Å². The van der Waals surface area contributed by atoms with E-state index in [0.717, 1.165) is 24.7 Å². The number of benzene rings is 1. The van der Waals surface area contributed by atoms with Gasteiger partial charge in [-0.05, 0) is 18.9 Å². The van der Waals surface area contributed by atoms with Crippen LogP contribution >= 0.6 is 24.0 Å². The Morgan fingerprint density at radius 1 is 1.29 bits per heavy atom. The summed E-state index contributed by atoms with van der Waals surface area (Å²) in [5.74, 6) is 1.77. The molecule has 3 rings (SSSR count). The van der Waals surface area contributed by atoms with Gasteiger partial charge in [0.2, 0.25) is 0 Å². The van der Waals surface area contributed by atoms with Crippen LogP contribution in [0.3, 0.4) is 0 Å². The van der Waals surface area contributed by atoms with E-state index < -0.39 is 0 Å². The van der Waals surface area contributed by atoms with E-state index in [0.29, 0.717) is 12.6 Å². The predicted octanol–water partition coefficient (Wildman–Crippen LogP) is 3.42. The standard InChI is InChI=1S/C21H31N5O.HI/c1-20(2)17(13-21(20,3)27-5)25-19(22-4)24-14-18-23-11-12-26(18)15-16-9-7-6-8-10-16;/h6-12,17H,13-15H2,1-5H3,(H2,22,24,25);1H. The van der Waals surface area contributed by atoms with Crippen molar-refractivity contribution in [2.75, 3.05) is 14.2 Å². The number of nitrogens with one attached hydrogen (secondary N) is 2. The van der Waals surface area contributed by atoms with Gasteiger partial charge in [-0.15, -0.1) is 24.0 Å². The fraction of sp³-hybridized carbons (Fsp3) is 0.524. The molecule has 2 aromatic rings. The number of hydrogen-bond donors (Lipinski definition) is 2. The van der Waals surface area contributed by atoms with E-state index in [4.69, 9.17) is 4.74 Å². The molecule has 154 valence electrons. The van der Waals surface area contributed by atoms with Gasteiger partial charge in [0.15, 0.2) is 5.96 Å². The maximum atomic E-state index is 5.71. The average Bonchev–Trinajstić information content (AvgIpc) is 3.11. The topological polar surface area (TPSA) is 63.5 Å². The minimum absolute atomic E-state index is 0. The Morgan fingerprint density at radius 2 is 2.00 bits per heavy atom. The van der Waals surface area contributed by atoms with E-state index in [1.807, 2.05) is 18.5 Å². The Bertz CT molecular complexity index is 789. The highest BCUT2D eigenvalue weighted by Crippen LogP contribution is 2.51. The van der Waals surface area contributed by atoms with Gasteiger partial charge in [-0.3, -0.25) is 4.99 Å². The number of guanidine groups is 1. The zero-order chi connectivity index (χ0) is 19.5. The van der Waals surface area contributed by atoms with Gasteiger partial charge in [0.25, 0.3) is 0 Å². The monoisotopic (exact) mass is 497 g/mol. The van der Waals surface area contributed by atoms with Crippen molar-refractivity contribution in [3.05, 3.63) is 54.1 Å². The SMILES string of the molecule is CN=C(NCc1nccn1Cc1ccccc1)NC1CC(C)(OC)C1(C)C.I. The highest BCUT2D eigenvalue weighted by Gasteiger charge is 2.58. The van der Waals surface area contributed by atoms with E-state index in [1.165, 1.54) is 5.56 Å². The molecule has 1 fully saturated rings. The smallest absolute Gasteiger partial charge is 0.191 e. The lowest BCUT2D eigenvalue weighted by Gasteiger charge is -2.59. The first-order chi connectivity index (χ1) is 12.9. The van der Waals surface area contributed by atoms with Crippen molar-refractivity contribution in [2.24, 2.45) is 10.4 Å². The number of hydrogen-bond acceptors (Lipinski definition) is 3. The van der Waals surface area contributed by atoms with Crippen molar-refractivity contribution in [2.45, 2.75) is 51.9 Å². The number of halogens is 1. The summed E-state index contributed by atoms with van der Waals surface area (Å²) >= 11 is 0. The maximum Gasteiger partial charge on any atom is 0.191 e. The second kappa shape index (κ2) is 9.26. The molecule has 0 spiro atoms. The predicted molar refractivity (Wildman–Crippen MR) is 124 cm³/mol. The van der Waals surface area contributed by atoms with Crippen LogP contribution in [0.15, 0.2) is 47.7 Å². The highest BCUT2D eigenvalue weighted by atomic mass is 127. The van der Waals surface area contributed by atoms with Gasteiger partial charge in [-0.1, -0.05) is 44.2 Å². The van der Waals surface area contributed by atoms with Crippen molar-refractivity contribution in [1.82, 2.24) is 20.2 Å². The normalized spacial score (nSPS) is 23.5. The lowest BCUT2D eigenvalue weighted by molar-refractivity contribution is -0.176. The number of aliphatic imine (C=N–C) groups is 1. The van der Waals surface area contributed by atoms with Gasteiger partial charge in [-0.25, -0.2) is 4.98 Å². The minimum Gasteiger partial charge on any atom is -0.378 e. The van der Waals surface area contributed by atoms with Crippen LogP contribution in [0.4, 0.5) is 0 Å². The molecule has 0 aliphatic heterocycles. The van der Waals surface area contributed by atoms with Gasteiger partial charge in [0.05, 0.1) is 12.1 Å². The largest absolute Gasteiger partial charge is 0.378 e. The van der Waals surface area contributed by atoms with Crippen LogP contribution in [0.2, 0.25) is 0 Å². The molecule has 2 atom stereocenters. The quantitative estimate of drug-likeness (QED) is 0.365. The van der Waals surface area contributed by atoms with Crippen molar-refractivity contribution in [1.29, 1.82) is 0 Å². The summed E-state index contributed by atoms with van der Waals surface area (Å²) in [5.41, 5.74) is 1.19. The Kier molecular flexibility index (Phi) is 7.50. The number of methoxy groups -OCH3 is 1. The first-order valence-corrected chi connectivity index (χ1v) is 9.46. The van der Waals surface area contributed by atoms with Crippen molar-refractivity contribution in [3.8, 4) is 0 Å². The van der Waals surface area contributed by atoms with Gasteiger partial charge in [-0.2, -0.15) is 0 Å². The molecule has 0 radical (unpaired) electrons. The van der Waals surface area contributed by atoms with Gasteiger partial charge >= 0.3 is 0 Å². The fourth-order valence-electron chi connectivity index (χ4n) is 3.68. The Morgan fingerprint density at radius 3 is 2.61 bits per heavy atom. The minimum atomic E-state index is -0.102. The van der Waals surface area contributed by atoms with E-state index in [-0.39, 0.29) is 35.0 Å². The number of ether oxygens (including phenoxy) is 1. The number of nitrogens with zero attached hydrogens (tertiary/aromatic N) is 3. The van der Waals surface area contributed by atoms with Crippen LogP contribution in [0.1, 0.15) is 38.6 Å². The second-order valence-electron chi connectivity index (χ2n) is 7.94. The zero-order valence-corrected chi connectivity index (χ0v) is 19.7. The molecule has 1 saturated carbocycles. The lowest BCUT2D eigenvalue weighted by Crippen LogP contribution is -2.69. The zero-order valence-electron chi connectivity index (χ0n) is 17.4. The molecule has 1 aliphatic carbocycles. The summed E-state index contributed by atoms with van der Waals surface area (Å²) in [6, 6.07) is 10.7. The summed E-state index contributed by atoms with van der Waals surface area (Å²) < 4.78 is 7.87. The highest BCUT2D eigenvalue weighted by molar-refractivity contribution is 14.0. The van der Waals surface area contributed by atoms with Gasteiger partial charge in [0, 0.05) is 44.6 Å². The van der Waals surface area contributed by atoms with E-state index in [1.54, 1.807) is 14.2 Å². The second-order valence-corrected chi connectivity index (χ2v) is 7.94. The Hall–Kier alpha value is -1.61. The third-order valence-corrected chi connectivity index (χ3v) is 6.22. The van der Waals surface area contributed by atoms with Crippen molar-refractivity contribution in [3.63, 3.8) is 0 Å². The molecule has 7 heteroatoms. The molecule has 0 amide bonds. The van der Waals surface area contributed by atoms with Crippen molar-refractivity contribution < 1.29 is 4.74 Å². The molecule has 1 aliphatic rings. The van der Waals surface area contributed by atoms with E-state index in [9.17, 15) is 0 Å². The fourth-order valence-corrected chi connectivity index (χ4v) is 3.68. The lowest BCUT2D eigenvalue weighted by atomic mass is 9.56. The van der Waals surface area contributed by atoms with Gasteiger partial charge < -0.3 is 19.9 Å². The van der Waals surface area contributed by atoms with Crippen LogP contribution in [0, 0.1) is 5.41 Å². The molecular formula is C21H32IN5O. The van der Waals surface area contributed by atoms with Crippen LogP contribution in [-0.2, 0) is 17.8 Å². The first-order valence-electron chi connectivity index (χ1n) is 9.46. The summed E-state index contributed by atoms with van der Waals surface area (Å²) in [7, 11) is 3.59. The molecule has 6 nitrogen and oxygen atoms in total. The van der Waals surface area contributed by atoms with E-state index in [2.05, 4.69) is 70.2 Å². The number of rotatable bonds is 6. The number of imidazole rings is 1. The molecule has 0 bridgehead atoms. The molecule has 28 heavy (non-hydrogen) atoms. The third-order valence-electron chi connectivity index (χ3n) is 6.22. The summed E-state index contributed by atoms with van der Waals surface area (Å²) in [5, 5.41) is 6.93. The molecule has 2 N–H and O–H groups in total. The van der Waals surface area contributed by atoms with Crippen LogP contribution in [0.5, 0.6) is 0 Å². The molecule has 2 unspecified atom stereocenters. The molecular weight excluding hydrogens is 465 g/mol. The third kappa shape index (κ3) is 4.51. The summed E-state index contributed by atoms with van der Waals surface area (Å²) in [6.45, 7) is 8.07. The summed E-state index contributed by atoms with van der Waals surface area (Å²) in [4.78, 5) is 8.87. The Labute approximate surface area is 185 Å². The number of aromatic nitrogens is 2.